The Balaban J connectivity index is 1.63. The molecule has 0 bridgehead atoms. The molecular formula is C23H20FN3O3. The summed E-state index contributed by atoms with van der Waals surface area (Å²) < 4.78 is 14.9. The summed E-state index contributed by atoms with van der Waals surface area (Å²) in [6, 6.07) is 12.6. The predicted molar refractivity (Wildman–Crippen MR) is 109 cm³/mol. The predicted octanol–water partition coefficient (Wildman–Crippen LogP) is 3.57. The van der Waals surface area contributed by atoms with Gasteiger partial charge in [0.1, 0.15) is 11.6 Å². The molecule has 2 aromatic carbocycles. The lowest BCUT2D eigenvalue weighted by molar-refractivity contribution is 0.0917. The van der Waals surface area contributed by atoms with Crippen molar-refractivity contribution >= 4 is 17.6 Å². The molecule has 5 rings (SSSR count). The molecule has 6 nitrogen and oxygen atoms in total. The molecule has 30 heavy (non-hydrogen) atoms. The fourth-order valence-corrected chi connectivity index (χ4v) is 4.02. The molecule has 1 aromatic heterocycles. The van der Waals surface area contributed by atoms with Crippen LogP contribution in [-0.4, -0.2) is 32.8 Å². The van der Waals surface area contributed by atoms with E-state index in [2.05, 4.69) is 5.10 Å². The average molecular weight is 405 g/mol. The van der Waals surface area contributed by atoms with E-state index >= 15 is 0 Å². The Morgan fingerprint density at radius 2 is 1.67 bits per heavy atom. The summed E-state index contributed by atoms with van der Waals surface area (Å²) in [5.41, 5.74) is 2.54. The van der Waals surface area contributed by atoms with Crippen molar-refractivity contribution < 1.29 is 19.1 Å². The van der Waals surface area contributed by atoms with Gasteiger partial charge in [-0.15, -0.1) is 0 Å². The number of carbonyl (C=O) groups excluding carboxylic acids is 2. The van der Waals surface area contributed by atoms with Crippen LogP contribution in [0.2, 0.25) is 0 Å². The first-order valence-electron chi connectivity index (χ1n) is 9.95. The van der Waals surface area contributed by atoms with E-state index in [0.717, 1.165) is 17.7 Å². The van der Waals surface area contributed by atoms with E-state index in [4.69, 9.17) is 0 Å². The molecule has 3 aromatic rings. The highest BCUT2D eigenvalue weighted by atomic mass is 19.1. The van der Waals surface area contributed by atoms with Crippen LogP contribution >= 0.6 is 0 Å². The van der Waals surface area contributed by atoms with E-state index in [1.807, 2.05) is 0 Å². The van der Waals surface area contributed by atoms with Crippen LogP contribution in [0.25, 0.3) is 11.3 Å². The van der Waals surface area contributed by atoms with Crippen LogP contribution in [0.4, 0.5) is 10.2 Å². The third-order valence-corrected chi connectivity index (χ3v) is 5.81. The standard InChI is InChI=1S/C23H20FN3O3/c1-13-20(15-8-10-16(24)11-9-15)25-26(12-19(28)14-6-7-14)21(13)27-22(29)17-4-2-3-5-18(17)23(27)30/h2-5,8-11,14,19,28H,6-7,12H2,1H3. The first kappa shape index (κ1) is 18.7. The molecule has 1 unspecified atom stereocenters. The van der Waals surface area contributed by atoms with Gasteiger partial charge in [0.25, 0.3) is 11.8 Å². The molecule has 152 valence electrons. The summed E-state index contributed by atoms with van der Waals surface area (Å²) in [7, 11) is 0. The number of hydrogen-bond donors (Lipinski definition) is 1. The van der Waals surface area contributed by atoms with Gasteiger partial charge in [0.15, 0.2) is 0 Å². The molecule has 0 radical (unpaired) electrons. The molecule has 1 aliphatic heterocycles. The maximum Gasteiger partial charge on any atom is 0.267 e. The van der Waals surface area contributed by atoms with Gasteiger partial charge in [-0.3, -0.25) is 9.59 Å². The molecule has 1 saturated carbocycles. The topological polar surface area (TPSA) is 75.4 Å². The zero-order valence-electron chi connectivity index (χ0n) is 16.4. The number of imide groups is 1. The van der Waals surface area contributed by atoms with Gasteiger partial charge in [0.05, 0.1) is 29.5 Å². The Morgan fingerprint density at radius 3 is 2.23 bits per heavy atom. The molecular weight excluding hydrogens is 385 g/mol. The summed E-state index contributed by atoms with van der Waals surface area (Å²) in [6.07, 6.45) is 1.29. The second kappa shape index (κ2) is 6.88. The van der Waals surface area contributed by atoms with Crippen LogP contribution in [0.5, 0.6) is 0 Å². The molecule has 2 heterocycles. The number of anilines is 1. The lowest BCUT2D eigenvalue weighted by atomic mass is 10.1. The third-order valence-electron chi connectivity index (χ3n) is 5.81. The minimum atomic E-state index is -0.612. The van der Waals surface area contributed by atoms with Crippen molar-refractivity contribution in [1.29, 1.82) is 0 Å². The number of benzene rings is 2. The van der Waals surface area contributed by atoms with E-state index in [1.165, 1.54) is 12.1 Å². The average Bonchev–Trinajstić information content (AvgIpc) is 3.51. The third kappa shape index (κ3) is 2.93. The Morgan fingerprint density at radius 1 is 1.07 bits per heavy atom. The summed E-state index contributed by atoms with van der Waals surface area (Å²) in [4.78, 5) is 27.3. The van der Waals surface area contributed by atoms with Gasteiger partial charge in [-0.2, -0.15) is 5.10 Å². The van der Waals surface area contributed by atoms with Crippen molar-refractivity contribution in [1.82, 2.24) is 9.78 Å². The molecule has 2 aliphatic rings. The van der Waals surface area contributed by atoms with Crippen molar-refractivity contribution in [3.8, 4) is 11.3 Å². The number of rotatable bonds is 5. The van der Waals surface area contributed by atoms with E-state index in [-0.39, 0.29) is 18.3 Å². The molecule has 0 saturated heterocycles. The highest BCUT2D eigenvalue weighted by Crippen LogP contribution is 2.38. The number of halogens is 1. The maximum atomic E-state index is 13.4. The minimum absolute atomic E-state index is 0.176. The smallest absolute Gasteiger partial charge is 0.267 e. The second-order valence-corrected chi connectivity index (χ2v) is 7.88. The summed E-state index contributed by atoms with van der Waals surface area (Å²) in [6.45, 7) is 1.96. The van der Waals surface area contributed by atoms with Crippen molar-refractivity contribution in [2.45, 2.75) is 32.4 Å². The number of aliphatic hydroxyl groups excluding tert-OH is 1. The van der Waals surface area contributed by atoms with Crippen LogP contribution < -0.4 is 4.90 Å². The van der Waals surface area contributed by atoms with Crippen LogP contribution in [0.1, 0.15) is 39.1 Å². The molecule has 1 atom stereocenters. The van der Waals surface area contributed by atoms with Crippen molar-refractivity contribution in [2.24, 2.45) is 5.92 Å². The SMILES string of the molecule is Cc1c(-c2ccc(F)cc2)nn(CC(O)C2CC2)c1N1C(=O)c2ccccc2C1=O. The fourth-order valence-electron chi connectivity index (χ4n) is 4.02. The van der Waals surface area contributed by atoms with Crippen LogP contribution in [0.3, 0.4) is 0 Å². The van der Waals surface area contributed by atoms with Gasteiger partial charge in [-0.05, 0) is 62.1 Å². The van der Waals surface area contributed by atoms with Crippen LogP contribution in [0, 0.1) is 18.7 Å². The van der Waals surface area contributed by atoms with Crippen LogP contribution in [-0.2, 0) is 6.54 Å². The van der Waals surface area contributed by atoms with Gasteiger partial charge in [0.2, 0.25) is 0 Å². The molecule has 2 amide bonds. The van der Waals surface area contributed by atoms with Gasteiger partial charge in [-0.1, -0.05) is 12.1 Å². The number of carbonyl (C=O) groups is 2. The normalized spacial score (nSPS) is 16.8. The first-order valence-corrected chi connectivity index (χ1v) is 9.95. The zero-order chi connectivity index (χ0) is 21.0. The van der Waals surface area contributed by atoms with Crippen molar-refractivity contribution in [2.75, 3.05) is 4.90 Å². The molecule has 1 N–H and O–H groups in total. The largest absolute Gasteiger partial charge is 0.391 e. The Labute approximate surface area is 172 Å². The van der Waals surface area contributed by atoms with Crippen molar-refractivity contribution in [3.63, 3.8) is 0 Å². The number of aliphatic hydroxyl groups is 1. The monoisotopic (exact) mass is 405 g/mol. The second-order valence-electron chi connectivity index (χ2n) is 7.88. The van der Waals surface area contributed by atoms with Gasteiger partial charge < -0.3 is 5.11 Å². The van der Waals surface area contributed by atoms with E-state index < -0.39 is 17.9 Å². The van der Waals surface area contributed by atoms with Crippen molar-refractivity contribution in [3.05, 3.63) is 71.0 Å². The molecule has 1 aliphatic carbocycles. The highest BCUT2D eigenvalue weighted by Gasteiger charge is 2.40. The molecule has 0 spiro atoms. The van der Waals surface area contributed by atoms with Crippen LogP contribution in [0.15, 0.2) is 48.5 Å². The van der Waals surface area contributed by atoms with E-state index in [1.54, 1.807) is 48.0 Å². The minimum Gasteiger partial charge on any atom is -0.391 e. The van der Waals surface area contributed by atoms with Gasteiger partial charge >= 0.3 is 0 Å². The number of fused-ring (bicyclic) bond motifs is 1. The summed E-state index contributed by atoms with van der Waals surface area (Å²) >= 11 is 0. The quantitative estimate of drug-likeness (QED) is 0.659. The van der Waals surface area contributed by atoms with E-state index in [0.29, 0.717) is 33.8 Å². The molecule has 7 heteroatoms. The Kier molecular flexibility index (Phi) is 4.29. The molecule has 1 fully saturated rings. The Hall–Kier alpha value is -3.32. The number of nitrogens with zero attached hydrogens (tertiary/aromatic N) is 3. The first-order chi connectivity index (χ1) is 14.5. The number of aromatic nitrogens is 2. The Bertz CT molecular complexity index is 1130. The van der Waals surface area contributed by atoms with Gasteiger partial charge in [0, 0.05) is 11.1 Å². The summed E-state index contributed by atoms with van der Waals surface area (Å²) in [5.74, 6) is -0.627. The fraction of sp³-hybridized carbons (Fsp3) is 0.261. The highest BCUT2D eigenvalue weighted by molar-refractivity contribution is 6.34. The lowest BCUT2D eigenvalue weighted by Crippen LogP contribution is -2.33. The maximum absolute atomic E-state index is 13.4. The summed E-state index contributed by atoms with van der Waals surface area (Å²) in [5, 5.41) is 15.1. The van der Waals surface area contributed by atoms with Gasteiger partial charge in [-0.25, -0.2) is 14.0 Å². The lowest BCUT2D eigenvalue weighted by Gasteiger charge is -2.19. The number of hydrogen-bond acceptors (Lipinski definition) is 4. The zero-order valence-corrected chi connectivity index (χ0v) is 16.4. The van der Waals surface area contributed by atoms with E-state index in [9.17, 15) is 19.1 Å². The number of amides is 2.